The van der Waals surface area contributed by atoms with E-state index in [1.54, 1.807) is 0 Å². The van der Waals surface area contributed by atoms with Gasteiger partial charge in [0, 0.05) is 33.1 Å². The number of hydrogen-bond acceptors (Lipinski definition) is 5. The summed E-state index contributed by atoms with van der Waals surface area (Å²) in [6, 6.07) is 5.33. The molecule has 2 heterocycles. The maximum Gasteiger partial charge on any atom is 0.421 e. The average Bonchev–Trinajstić information content (AvgIpc) is 2.67. The molecule has 1 aliphatic rings. The summed E-state index contributed by atoms with van der Waals surface area (Å²) in [7, 11) is 0. The van der Waals surface area contributed by atoms with Crippen molar-refractivity contribution >= 4 is 11.8 Å². The first-order valence-electron chi connectivity index (χ1n) is 8.88. The molecule has 0 saturated carbocycles. The number of piperazine rings is 1. The maximum absolute atomic E-state index is 13.7. The Kier molecular flexibility index (Phi) is 7.93. The average molecular weight is 433 g/mol. The minimum atomic E-state index is -4.70. The monoisotopic (exact) mass is 433 g/mol. The van der Waals surface area contributed by atoms with Gasteiger partial charge in [-0.3, -0.25) is 4.79 Å². The maximum atomic E-state index is 13.7. The van der Waals surface area contributed by atoms with E-state index in [0.29, 0.717) is 32.0 Å². The van der Waals surface area contributed by atoms with Crippen molar-refractivity contribution in [2.75, 3.05) is 31.1 Å². The number of pyridine rings is 1. The third-order valence-corrected chi connectivity index (χ3v) is 4.01. The van der Waals surface area contributed by atoms with Gasteiger partial charge in [-0.05, 0) is 24.3 Å². The minimum Gasteiger partial charge on any atom is -0.481 e. The molecule has 0 spiro atoms. The van der Waals surface area contributed by atoms with E-state index in [9.17, 15) is 22.0 Å². The normalized spacial score (nSPS) is 14.0. The molecule has 1 fully saturated rings. The second kappa shape index (κ2) is 10.2. The Bertz CT molecular complexity index is 847. The van der Waals surface area contributed by atoms with Gasteiger partial charge in [0.15, 0.2) is 0 Å². The summed E-state index contributed by atoms with van der Waals surface area (Å²) in [5, 5.41) is 10.5. The highest BCUT2D eigenvalue weighted by atomic mass is 19.4. The van der Waals surface area contributed by atoms with Crippen molar-refractivity contribution in [1.82, 2.24) is 10.3 Å². The Hall–Kier alpha value is -2.95. The molecule has 1 aliphatic heterocycles. The lowest BCUT2D eigenvalue weighted by Gasteiger charge is -2.29. The summed E-state index contributed by atoms with van der Waals surface area (Å²) in [6.07, 6.45) is -4.70. The number of anilines is 1. The number of aromatic nitrogens is 1. The van der Waals surface area contributed by atoms with E-state index in [4.69, 9.17) is 14.6 Å². The van der Waals surface area contributed by atoms with Crippen molar-refractivity contribution < 1.29 is 36.6 Å². The summed E-state index contributed by atoms with van der Waals surface area (Å²) in [5.74, 6) is -2.99. The molecule has 1 aromatic carbocycles. The molecule has 0 radical (unpaired) electrons. The number of rotatable bonds is 4. The van der Waals surface area contributed by atoms with Crippen LogP contribution in [0.15, 0.2) is 30.3 Å². The van der Waals surface area contributed by atoms with Gasteiger partial charge in [-0.25, -0.2) is 8.78 Å². The van der Waals surface area contributed by atoms with Gasteiger partial charge in [-0.1, -0.05) is 6.07 Å². The van der Waals surface area contributed by atoms with Crippen LogP contribution in [-0.4, -0.2) is 42.2 Å². The van der Waals surface area contributed by atoms with Crippen LogP contribution < -0.4 is 15.0 Å². The second-order valence-corrected chi connectivity index (χ2v) is 6.26. The molecule has 0 unspecified atom stereocenters. The summed E-state index contributed by atoms with van der Waals surface area (Å²) < 4.78 is 72.1. The molecule has 6 nitrogen and oxygen atoms in total. The van der Waals surface area contributed by atoms with Crippen molar-refractivity contribution in [3.8, 4) is 5.88 Å². The van der Waals surface area contributed by atoms with Crippen LogP contribution in [0.2, 0.25) is 0 Å². The fraction of sp³-hybridized carbons (Fsp3) is 0.368. The predicted molar refractivity (Wildman–Crippen MR) is 98.3 cm³/mol. The van der Waals surface area contributed by atoms with Gasteiger partial charge in [-0.2, -0.15) is 18.2 Å². The molecule has 11 heteroatoms. The first-order chi connectivity index (χ1) is 14.1. The predicted octanol–water partition coefficient (Wildman–Crippen LogP) is 3.46. The number of ether oxygens (including phenoxy) is 1. The van der Waals surface area contributed by atoms with Crippen LogP contribution in [0.3, 0.4) is 0 Å². The first-order valence-corrected chi connectivity index (χ1v) is 8.88. The number of carbonyl (C=O) groups is 1. The standard InChI is InChI=1S/C17H16F5N3O.C2H4O2/c18-13-2-1-3-14(19)11(13)10-26-16-12(17(20,21)22)4-5-15(24-16)25-8-6-23-7-9-25;1-2(3)4/h1-5,23H,6-10H2;1H3,(H,3,4). The number of carboxylic acids is 1. The van der Waals surface area contributed by atoms with E-state index in [1.165, 1.54) is 12.1 Å². The molecule has 0 bridgehead atoms. The topological polar surface area (TPSA) is 74.7 Å². The van der Waals surface area contributed by atoms with Crippen LogP contribution in [0.4, 0.5) is 27.8 Å². The van der Waals surface area contributed by atoms with E-state index >= 15 is 0 Å². The molecule has 0 atom stereocenters. The quantitative estimate of drug-likeness (QED) is 0.720. The molecule has 0 amide bonds. The molecular formula is C19H20F5N3O3. The van der Waals surface area contributed by atoms with E-state index in [1.807, 2.05) is 4.90 Å². The Balaban J connectivity index is 0.000000735. The van der Waals surface area contributed by atoms with Crippen LogP contribution in [-0.2, 0) is 17.6 Å². The highest BCUT2D eigenvalue weighted by Gasteiger charge is 2.36. The lowest BCUT2D eigenvalue weighted by molar-refractivity contribution is -0.139. The summed E-state index contributed by atoms with van der Waals surface area (Å²) in [4.78, 5) is 14.8. The SMILES string of the molecule is CC(=O)O.Fc1cccc(F)c1COc1nc(N2CCNCC2)ccc1C(F)(F)F. The molecule has 1 aromatic heterocycles. The van der Waals surface area contributed by atoms with Crippen molar-refractivity contribution in [2.24, 2.45) is 0 Å². The van der Waals surface area contributed by atoms with Crippen LogP contribution in [0.25, 0.3) is 0 Å². The number of hydrogen-bond donors (Lipinski definition) is 2. The van der Waals surface area contributed by atoms with Crippen molar-refractivity contribution in [3.05, 3.63) is 53.1 Å². The molecular weight excluding hydrogens is 413 g/mol. The number of halogens is 5. The first kappa shape index (κ1) is 23.3. The van der Waals surface area contributed by atoms with E-state index in [-0.39, 0.29) is 0 Å². The van der Waals surface area contributed by atoms with Crippen LogP contribution in [0, 0.1) is 11.6 Å². The Labute approximate surface area is 169 Å². The Morgan fingerprint density at radius 2 is 1.73 bits per heavy atom. The van der Waals surface area contributed by atoms with E-state index in [2.05, 4.69) is 10.3 Å². The van der Waals surface area contributed by atoms with E-state index < -0.39 is 47.4 Å². The summed E-state index contributed by atoms with van der Waals surface area (Å²) in [6.45, 7) is 2.91. The van der Waals surface area contributed by atoms with Gasteiger partial charge in [0.05, 0.1) is 5.56 Å². The molecule has 0 aliphatic carbocycles. The fourth-order valence-electron chi connectivity index (χ4n) is 2.64. The van der Waals surface area contributed by atoms with Gasteiger partial charge in [-0.15, -0.1) is 0 Å². The smallest absolute Gasteiger partial charge is 0.421 e. The zero-order chi connectivity index (χ0) is 22.3. The highest BCUT2D eigenvalue weighted by Crippen LogP contribution is 2.36. The van der Waals surface area contributed by atoms with Crippen molar-refractivity contribution in [3.63, 3.8) is 0 Å². The second-order valence-electron chi connectivity index (χ2n) is 6.26. The summed E-state index contributed by atoms with van der Waals surface area (Å²) in [5.41, 5.74) is -1.54. The molecule has 2 N–H and O–H groups in total. The van der Waals surface area contributed by atoms with Crippen LogP contribution >= 0.6 is 0 Å². The van der Waals surface area contributed by atoms with E-state index in [0.717, 1.165) is 25.1 Å². The lowest BCUT2D eigenvalue weighted by atomic mass is 10.2. The van der Waals surface area contributed by atoms with Crippen molar-refractivity contribution in [1.29, 1.82) is 0 Å². The molecule has 30 heavy (non-hydrogen) atoms. The molecule has 1 saturated heterocycles. The Morgan fingerprint density at radius 3 is 2.27 bits per heavy atom. The van der Waals surface area contributed by atoms with Crippen LogP contribution in [0.1, 0.15) is 18.1 Å². The van der Waals surface area contributed by atoms with Gasteiger partial charge < -0.3 is 20.1 Å². The zero-order valence-electron chi connectivity index (χ0n) is 16.0. The molecule has 3 rings (SSSR count). The third kappa shape index (κ3) is 6.55. The van der Waals surface area contributed by atoms with Gasteiger partial charge in [0.1, 0.15) is 29.6 Å². The third-order valence-electron chi connectivity index (χ3n) is 4.01. The minimum absolute atomic E-state index is 0.323. The summed E-state index contributed by atoms with van der Waals surface area (Å²) >= 11 is 0. The number of benzene rings is 1. The largest absolute Gasteiger partial charge is 0.481 e. The van der Waals surface area contributed by atoms with Gasteiger partial charge in [0.25, 0.3) is 5.97 Å². The van der Waals surface area contributed by atoms with Gasteiger partial charge >= 0.3 is 6.18 Å². The fourth-order valence-corrected chi connectivity index (χ4v) is 2.64. The number of aliphatic carboxylic acids is 1. The highest BCUT2D eigenvalue weighted by molar-refractivity contribution is 5.62. The number of nitrogens with one attached hydrogen (secondary N) is 1. The number of alkyl halides is 3. The van der Waals surface area contributed by atoms with Gasteiger partial charge in [0.2, 0.25) is 5.88 Å². The lowest BCUT2D eigenvalue weighted by Crippen LogP contribution is -2.43. The number of carboxylic acid groups (broad SMARTS) is 1. The van der Waals surface area contributed by atoms with Crippen LogP contribution in [0.5, 0.6) is 5.88 Å². The number of nitrogens with zero attached hydrogens (tertiary/aromatic N) is 2. The molecule has 2 aromatic rings. The van der Waals surface area contributed by atoms with Crippen molar-refractivity contribution in [2.45, 2.75) is 19.7 Å². The Morgan fingerprint density at radius 1 is 1.17 bits per heavy atom. The zero-order valence-corrected chi connectivity index (χ0v) is 16.0. The molecule has 164 valence electrons.